The summed E-state index contributed by atoms with van der Waals surface area (Å²) < 4.78 is 11.5. The molecule has 0 unspecified atom stereocenters. The zero-order chi connectivity index (χ0) is 17.6. The maximum Gasteiger partial charge on any atom is 0.249 e. The number of ether oxygens (including phenoxy) is 1. The van der Waals surface area contributed by atoms with Crippen molar-refractivity contribution < 1.29 is 9.15 Å². The summed E-state index contributed by atoms with van der Waals surface area (Å²) in [6.45, 7) is 3.93. The normalized spacial score (nSPS) is 11.0. The van der Waals surface area contributed by atoms with Gasteiger partial charge in [-0.1, -0.05) is 35.9 Å². The molecule has 3 rings (SSSR count). The van der Waals surface area contributed by atoms with Gasteiger partial charge in [0, 0.05) is 6.54 Å². The second-order valence-corrected chi connectivity index (χ2v) is 6.29. The summed E-state index contributed by atoms with van der Waals surface area (Å²) in [6.07, 6.45) is 0. The van der Waals surface area contributed by atoms with Crippen molar-refractivity contribution in [3.63, 3.8) is 0 Å². The maximum atomic E-state index is 6.16. The molecule has 0 aliphatic heterocycles. The van der Waals surface area contributed by atoms with Gasteiger partial charge in [0.1, 0.15) is 12.4 Å². The molecule has 0 radical (unpaired) electrons. The van der Waals surface area contributed by atoms with Gasteiger partial charge in [0.05, 0.1) is 17.1 Å². The van der Waals surface area contributed by atoms with Gasteiger partial charge in [-0.25, -0.2) is 0 Å². The molecule has 3 aromatic rings. The fourth-order valence-corrected chi connectivity index (χ4v) is 2.61. The van der Waals surface area contributed by atoms with Gasteiger partial charge in [-0.2, -0.15) is 0 Å². The van der Waals surface area contributed by atoms with Crippen molar-refractivity contribution >= 4 is 11.6 Å². The monoisotopic (exact) mass is 357 g/mol. The van der Waals surface area contributed by atoms with E-state index in [1.807, 2.05) is 56.4 Å². The van der Waals surface area contributed by atoms with Crippen molar-refractivity contribution in [3.05, 3.63) is 65.0 Å². The number of benzene rings is 2. The first-order valence-electron chi connectivity index (χ1n) is 8.07. The zero-order valence-electron chi connectivity index (χ0n) is 14.3. The van der Waals surface area contributed by atoms with Crippen LogP contribution in [-0.4, -0.2) is 35.3 Å². The number of aryl methyl sites for hydroxylation is 1. The summed E-state index contributed by atoms with van der Waals surface area (Å²) in [6, 6.07) is 15.4. The van der Waals surface area contributed by atoms with Crippen LogP contribution >= 0.6 is 11.6 Å². The Morgan fingerprint density at radius 3 is 2.76 bits per heavy atom. The Morgan fingerprint density at radius 2 is 1.96 bits per heavy atom. The summed E-state index contributed by atoms with van der Waals surface area (Å²) in [4.78, 5) is 2.07. The molecule has 6 heteroatoms. The van der Waals surface area contributed by atoms with Gasteiger partial charge in [-0.3, -0.25) is 4.90 Å². The molecule has 0 spiro atoms. The molecule has 130 valence electrons. The second kappa shape index (κ2) is 8.14. The zero-order valence-corrected chi connectivity index (χ0v) is 15.0. The summed E-state index contributed by atoms with van der Waals surface area (Å²) in [5, 5.41) is 8.77. The second-order valence-electron chi connectivity index (χ2n) is 5.88. The number of halogens is 1. The molecule has 0 aliphatic carbocycles. The highest BCUT2D eigenvalue weighted by molar-refractivity contribution is 6.33. The van der Waals surface area contributed by atoms with E-state index >= 15 is 0 Å². The van der Waals surface area contributed by atoms with Crippen LogP contribution in [0.15, 0.2) is 52.9 Å². The molecule has 0 amide bonds. The quantitative estimate of drug-likeness (QED) is 0.634. The Bertz CT molecular complexity index is 835. The Morgan fingerprint density at radius 1 is 1.12 bits per heavy atom. The highest BCUT2D eigenvalue weighted by Gasteiger charge is 2.12. The lowest BCUT2D eigenvalue weighted by molar-refractivity contribution is 0.220. The molecule has 0 atom stereocenters. The van der Waals surface area contributed by atoms with Crippen molar-refractivity contribution in [3.8, 4) is 17.2 Å². The Balaban J connectivity index is 1.52. The summed E-state index contributed by atoms with van der Waals surface area (Å²) in [5.74, 6) is 1.87. The van der Waals surface area contributed by atoms with E-state index < -0.39 is 0 Å². The smallest absolute Gasteiger partial charge is 0.249 e. The lowest BCUT2D eigenvalue weighted by Gasteiger charge is -2.14. The summed E-state index contributed by atoms with van der Waals surface area (Å²) in [7, 11) is 1.99. The molecule has 0 bridgehead atoms. The van der Waals surface area contributed by atoms with E-state index in [4.69, 9.17) is 20.8 Å². The van der Waals surface area contributed by atoms with Crippen LogP contribution in [0.5, 0.6) is 5.75 Å². The standard InChI is InChI=1S/C19H20ClN3O2/c1-14-6-5-7-15(12-14)24-11-10-23(2)13-18-21-22-19(25-18)16-8-3-4-9-17(16)20/h3-9,12H,10-11,13H2,1-2H3. The maximum absolute atomic E-state index is 6.16. The molecule has 0 saturated carbocycles. The third-order valence-electron chi connectivity index (χ3n) is 3.71. The Hall–Kier alpha value is -2.37. The van der Waals surface area contributed by atoms with E-state index in [0.717, 1.165) is 17.9 Å². The van der Waals surface area contributed by atoms with E-state index in [0.29, 0.717) is 30.0 Å². The topological polar surface area (TPSA) is 51.4 Å². The molecule has 0 saturated heterocycles. The predicted molar refractivity (Wildman–Crippen MR) is 97.8 cm³/mol. The first-order chi connectivity index (χ1) is 12.1. The molecule has 25 heavy (non-hydrogen) atoms. The van der Waals surface area contributed by atoms with Gasteiger partial charge in [-0.15, -0.1) is 10.2 Å². The van der Waals surface area contributed by atoms with Crippen LogP contribution in [0.25, 0.3) is 11.5 Å². The van der Waals surface area contributed by atoms with Gasteiger partial charge in [0.2, 0.25) is 11.8 Å². The van der Waals surface area contributed by atoms with E-state index in [-0.39, 0.29) is 0 Å². The van der Waals surface area contributed by atoms with Gasteiger partial charge in [-0.05, 0) is 43.8 Å². The van der Waals surface area contributed by atoms with Crippen molar-refractivity contribution in [2.24, 2.45) is 0 Å². The van der Waals surface area contributed by atoms with Crippen LogP contribution in [0.2, 0.25) is 5.02 Å². The molecule has 0 N–H and O–H groups in total. The minimum Gasteiger partial charge on any atom is -0.492 e. The molecule has 2 aromatic carbocycles. The SMILES string of the molecule is Cc1cccc(OCCN(C)Cc2nnc(-c3ccccc3Cl)o2)c1. The largest absolute Gasteiger partial charge is 0.492 e. The first-order valence-corrected chi connectivity index (χ1v) is 8.45. The van der Waals surface area contributed by atoms with E-state index in [2.05, 4.69) is 15.1 Å². The molecular formula is C19H20ClN3O2. The van der Waals surface area contributed by atoms with Gasteiger partial charge >= 0.3 is 0 Å². The van der Waals surface area contributed by atoms with Crippen LogP contribution in [0.3, 0.4) is 0 Å². The molecule has 0 fully saturated rings. The Labute approximate surface area is 152 Å². The number of rotatable bonds is 7. The number of hydrogen-bond acceptors (Lipinski definition) is 5. The van der Waals surface area contributed by atoms with Crippen LogP contribution in [0, 0.1) is 6.92 Å². The lowest BCUT2D eigenvalue weighted by atomic mass is 10.2. The highest BCUT2D eigenvalue weighted by Crippen LogP contribution is 2.26. The minimum absolute atomic E-state index is 0.435. The highest BCUT2D eigenvalue weighted by atomic mass is 35.5. The van der Waals surface area contributed by atoms with Gasteiger partial charge < -0.3 is 9.15 Å². The van der Waals surface area contributed by atoms with E-state index in [1.165, 1.54) is 5.56 Å². The summed E-state index contributed by atoms with van der Waals surface area (Å²) in [5.41, 5.74) is 1.93. The molecule has 1 aromatic heterocycles. The fourth-order valence-electron chi connectivity index (χ4n) is 2.40. The molecule has 5 nitrogen and oxygen atoms in total. The van der Waals surface area contributed by atoms with Crippen LogP contribution in [-0.2, 0) is 6.54 Å². The van der Waals surface area contributed by atoms with Crippen molar-refractivity contribution in [2.75, 3.05) is 20.2 Å². The summed E-state index contributed by atoms with van der Waals surface area (Å²) >= 11 is 6.16. The van der Waals surface area contributed by atoms with Gasteiger partial charge in [0.25, 0.3) is 0 Å². The third kappa shape index (κ3) is 4.81. The lowest BCUT2D eigenvalue weighted by Crippen LogP contribution is -2.24. The first kappa shape index (κ1) is 17.5. The van der Waals surface area contributed by atoms with Crippen LogP contribution in [0.1, 0.15) is 11.5 Å². The fraction of sp³-hybridized carbons (Fsp3) is 0.263. The average Bonchev–Trinajstić information content (AvgIpc) is 3.03. The molecule has 0 aliphatic rings. The number of aromatic nitrogens is 2. The van der Waals surface area contributed by atoms with Gasteiger partial charge in [0.15, 0.2) is 0 Å². The van der Waals surface area contributed by atoms with E-state index in [9.17, 15) is 0 Å². The predicted octanol–water partition coefficient (Wildman–Crippen LogP) is 4.21. The Kier molecular flexibility index (Phi) is 5.68. The third-order valence-corrected chi connectivity index (χ3v) is 4.04. The number of nitrogens with zero attached hydrogens (tertiary/aromatic N) is 3. The van der Waals surface area contributed by atoms with Crippen LogP contribution in [0.4, 0.5) is 0 Å². The molecule has 1 heterocycles. The van der Waals surface area contributed by atoms with Crippen molar-refractivity contribution in [1.82, 2.24) is 15.1 Å². The number of likely N-dealkylation sites (N-methyl/N-ethyl adjacent to an activating group) is 1. The number of hydrogen-bond donors (Lipinski definition) is 0. The average molecular weight is 358 g/mol. The minimum atomic E-state index is 0.435. The molecular weight excluding hydrogens is 338 g/mol. The van der Waals surface area contributed by atoms with E-state index in [1.54, 1.807) is 6.07 Å². The van der Waals surface area contributed by atoms with Crippen LogP contribution < -0.4 is 4.74 Å². The van der Waals surface area contributed by atoms with Crippen molar-refractivity contribution in [2.45, 2.75) is 13.5 Å². The van der Waals surface area contributed by atoms with Crippen molar-refractivity contribution in [1.29, 1.82) is 0 Å².